The van der Waals surface area contributed by atoms with E-state index in [-0.39, 0.29) is 0 Å². The summed E-state index contributed by atoms with van der Waals surface area (Å²) in [6, 6.07) is 5.08. The largest absolute Gasteiger partial charge is 0.492 e. The third-order valence-electron chi connectivity index (χ3n) is 2.87. The molecule has 0 heterocycles. The Morgan fingerprint density at radius 3 is 2.89 bits per heavy atom. The van der Waals surface area contributed by atoms with Gasteiger partial charge in [0.15, 0.2) is 6.10 Å². The number of hydrogen-bond acceptors (Lipinski definition) is 4. The van der Waals surface area contributed by atoms with Gasteiger partial charge < -0.3 is 14.6 Å². The molecule has 0 amide bonds. The lowest BCUT2D eigenvalue weighted by Crippen LogP contribution is -2.13. The molecule has 5 heteroatoms. The van der Waals surface area contributed by atoms with Crippen LogP contribution in [0, 0.1) is 5.92 Å². The summed E-state index contributed by atoms with van der Waals surface area (Å²) < 4.78 is 11.0. The molecule has 1 fully saturated rings. The van der Waals surface area contributed by atoms with Gasteiger partial charge in [0.05, 0.1) is 18.2 Å². The topological polar surface area (TPSA) is 55.8 Å². The number of carbonyl (C=O) groups excluding carboxylic acids is 1. The van der Waals surface area contributed by atoms with Gasteiger partial charge in [-0.3, -0.25) is 0 Å². The van der Waals surface area contributed by atoms with E-state index in [4.69, 9.17) is 4.74 Å². The van der Waals surface area contributed by atoms with Crippen LogP contribution in [0.25, 0.3) is 0 Å². The van der Waals surface area contributed by atoms with Crippen LogP contribution >= 0.6 is 15.9 Å². The first-order valence-corrected chi connectivity index (χ1v) is 6.59. The predicted molar refractivity (Wildman–Crippen MR) is 69.3 cm³/mol. The summed E-state index contributed by atoms with van der Waals surface area (Å²) in [6.07, 6.45) is 1.15. The maximum Gasteiger partial charge on any atom is 0.339 e. The molecule has 1 aromatic rings. The minimum absolute atomic E-state index is 0.468. The Hall–Kier alpha value is -1.07. The maximum absolute atomic E-state index is 11.3. The molecule has 0 bridgehead atoms. The van der Waals surface area contributed by atoms with Crippen LogP contribution in [0.4, 0.5) is 0 Å². The van der Waals surface area contributed by atoms with Gasteiger partial charge in [-0.15, -0.1) is 0 Å². The van der Waals surface area contributed by atoms with Crippen molar-refractivity contribution in [3.8, 4) is 5.75 Å². The molecule has 18 heavy (non-hydrogen) atoms. The average molecular weight is 315 g/mol. The number of rotatable bonds is 5. The van der Waals surface area contributed by atoms with E-state index in [0.29, 0.717) is 23.8 Å². The van der Waals surface area contributed by atoms with E-state index >= 15 is 0 Å². The molecule has 1 aliphatic rings. The molecule has 1 unspecified atom stereocenters. The Kier molecular flexibility index (Phi) is 4.24. The lowest BCUT2D eigenvalue weighted by molar-refractivity contribution is -0.150. The van der Waals surface area contributed by atoms with Crippen molar-refractivity contribution < 1.29 is 19.4 Å². The van der Waals surface area contributed by atoms with E-state index in [0.717, 1.165) is 4.47 Å². The molecule has 2 rings (SSSR count). The molecule has 98 valence electrons. The summed E-state index contributed by atoms with van der Waals surface area (Å²) in [7, 11) is 1.24. The SMILES string of the molecule is COC(=O)C(O)c1ccc(Br)c(OCC2CC2)c1. The first-order valence-electron chi connectivity index (χ1n) is 5.80. The smallest absolute Gasteiger partial charge is 0.339 e. The molecule has 0 radical (unpaired) electrons. The molecule has 4 nitrogen and oxygen atoms in total. The van der Waals surface area contributed by atoms with Crippen molar-refractivity contribution >= 4 is 21.9 Å². The van der Waals surface area contributed by atoms with E-state index in [1.807, 2.05) is 0 Å². The highest BCUT2D eigenvalue weighted by Gasteiger charge is 2.23. The first kappa shape index (κ1) is 13.4. The number of aliphatic hydroxyl groups is 1. The molecule has 0 spiro atoms. The number of ether oxygens (including phenoxy) is 2. The van der Waals surface area contributed by atoms with Crippen molar-refractivity contribution in [1.82, 2.24) is 0 Å². The second kappa shape index (κ2) is 5.71. The van der Waals surface area contributed by atoms with Crippen LogP contribution in [-0.2, 0) is 9.53 Å². The highest BCUT2D eigenvalue weighted by molar-refractivity contribution is 9.10. The summed E-state index contributed by atoms with van der Waals surface area (Å²) in [5.41, 5.74) is 0.468. The Morgan fingerprint density at radius 1 is 1.56 bits per heavy atom. The Balaban J connectivity index is 2.11. The average Bonchev–Trinajstić information content (AvgIpc) is 3.20. The van der Waals surface area contributed by atoms with E-state index in [9.17, 15) is 9.90 Å². The highest BCUT2D eigenvalue weighted by atomic mass is 79.9. The summed E-state index contributed by atoms with van der Waals surface area (Å²) in [5, 5.41) is 9.75. The molecule has 1 aromatic carbocycles. The van der Waals surface area contributed by atoms with Crippen LogP contribution < -0.4 is 4.74 Å². The molecular weight excluding hydrogens is 300 g/mol. The second-order valence-electron chi connectivity index (χ2n) is 4.37. The third-order valence-corrected chi connectivity index (χ3v) is 3.52. The number of halogens is 1. The fourth-order valence-corrected chi connectivity index (χ4v) is 1.90. The fourth-order valence-electron chi connectivity index (χ4n) is 1.54. The second-order valence-corrected chi connectivity index (χ2v) is 5.22. The summed E-state index contributed by atoms with van der Waals surface area (Å²) in [5.74, 6) is 0.610. The quantitative estimate of drug-likeness (QED) is 0.848. The monoisotopic (exact) mass is 314 g/mol. The number of hydrogen-bond donors (Lipinski definition) is 1. The summed E-state index contributed by atoms with van der Waals surface area (Å²) in [6.45, 7) is 0.677. The molecule has 0 saturated heterocycles. The zero-order chi connectivity index (χ0) is 13.1. The van der Waals surface area contributed by atoms with Gasteiger partial charge in [-0.2, -0.15) is 0 Å². The van der Waals surface area contributed by atoms with Crippen LogP contribution in [0.2, 0.25) is 0 Å². The Bertz CT molecular complexity index is 443. The standard InChI is InChI=1S/C13H15BrO4/c1-17-13(16)12(15)9-4-5-10(14)11(6-9)18-7-8-2-3-8/h4-6,8,12,15H,2-3,7H2,1H3. The summed E-state index contributed by atoms with van der Waals surface area (Å²) in [4.78, 5) is 11.3. The lowest BCUT2D eigenvalue weighted by Gasteiger charge is -2.12. The minimum Gasteiger partial charge on any atom is -0.492 e. The molecule has 0 aromatic heterocycles. The van der Waals surface area contributed by atoms with Gasteiger partial charge in [-0.1, -0.05) is 6.07 Å². The van der Waals surface area contributed by atoms with Crippen LogP contribution in [0.3, 0.4) is 0 Å². The highest BCUT2D eigenvalue weighted by Crippen LogP contribution is 2.33. The number of carbonyl (C=O) groups is 1. The van der Waals surface area contributed by atoms with E-state index in [1.165, 1.54) is 20.0 Å². The summed E-state index contributed by atoms with van der Waals surface area (Å²) >= 11 is 3.38. The Morgan fingerprint density at radius 2 is 2.28 bits per heavy atom. The van der Waals surface area contributed by atoms with Crippen molar-refractivity contribution in [2.24, 2.45) is 5.92 Å². The first-order chi connectivity index (χ1) is 8.61. The third kappa shape index (κ3) is 3.23. The Labute approximate surface area is 114 Å². The van der Waals surface area contributed by atoms with E-state index in [2.05, 4.69) is 20.7 Å². The van der Waals surface area contributed by atoms with Gasteiger partial charge >= 0.3 is 5.97 Å². The number of benzene rings is 1. The van der Waals surface area contributed by atoms with Crippen molar-refractivity contribution in [2.75, 3.05) is 13.7 Å². The molecule has 1 aliphatic carbocycles. The van der Waals surface area contributed by atoms with Gasteiger partial charge in [0.2, 0.25) is 0 Å². The lowest BCUT2D eigenvalue weighted by atomic mass is 10.1. The zero-order valence-electron chi connectivity index (χ0n) is 10.1. The van der Waals surface area contributed by atoms with Crippen LogP contribution in [0.1, 0.15) is 24.5 Å². The molecule has 0 aliphatic heterocycles. The predicted octanol–water partition coefficient (Wildman–Crippen LogP) is 2.44. The molecular formula is C13H15BrO4. The maximum atomic E-state index is 11.3. The van der Waals surface area contributed by atoms with Crippen molar-refractivity contribution in [3.63, 3.8) is 0 Å². The van der Waals surface area contributed by atoms with Crippen molar-refractivity contribution in [1.29, 1.82) is 0 Å². The number of aliphatic hydroxyl groups excluding tert-OH is 1. The van der Waals surface area contributed by atoms with Gasteiger partial charge in [0.25, 0.3) is 0 Å². The van der Waals surface area contributed by atoms with Gasteiger partial charge in [0.1, 0.15) is 5.75 Å². The van der Waals surface area contributed by atoms with Crippen molar-refractivity contribution in [3.05, 3.63) is 28.2 Å². The normalized spacial score (nSPS) is 16.2. The van der Waals surface area contributed by atoms with Crippen LogP contribution in [-0.4, -0.2) is 24.8 Å². The van der Waals surface area contributed by atoms with Gasteiger partial charge in [-0.25, -0.2) is 4.79 Å². The molecule has 1 N–H and O–H groups in total. The minimum atomic E-state index is -1.27. The van der Waals surface area contributed by atoms with Crippen molar-refractivity contribution in [2.45, 2.75) is 18.9 Å². The molecule has 1 saturated carbocycles. The van der Waals surface area contributed by atoms with Crippen LogP contribution in [0.15, 0.2) is 22.7 Å². The fraction of sp³-hybridized carbons (Fsp3) is 0.462. The van der Waals surface area contributed by atoms with E-state index < -0.39 is 12.1 Å². The van der Waals surface area contributed by atoms with E-state index in [1.54, 1.807) is 18.2 Å². The molecule has 1 atom stereocenters. The number of methoxy groups -OCH3 is 1. The van der Waals surface area contributed by atoms with Gasteiger partial charge in [-0.05, 0) is 52.4 Å². The zero-order valence-corrected chi connectivity index (χ0v) is 11.6. The van der Waals surface area contributed by atoms with Gasteiger partial charge in [0, 0.05) is 0 Å². The number of esters is 1. The van der Waals surface area contributed by atoms with Crippen LogP contribution in [0.5, 0.6) is 5.75 Å².